The van der Waals surface area contributed by atoms with E-state index in [1.54, 1.807) is 19.1 Å². The minimum atomic E-state index is -1.08. The van der Waals surface area contributed by atoms with Crippen LogP contribution in [0.5, 0.6) is 11.5 Å². The zero-order chi connectivity index (χ0) is 19.0. The third-order valence-electron chi connectivity index (χ3n) is 3.87. The van der Waals surface area contributed by atoms with E-state index >= 15 is 0 Å². The van der Waals surface area contributed by atoms with E-state index < -0.39 is 6.10 Å². The van der Waals surface area contributed by atoms with Crippen LogP contribution in [0.1, 0.15) is 46.1 Å². The molecule has 0 heterocycles. The van der Waals surface area contributed by atoms with E-state index in [9.17, 15) is 20.1 Å². The maximum absolute atomic E-state index is 12.0. The van der Waals surface area contributed by atoms with Gasteiger partial charge in [-0.1, -0.05) is 23.3 Å². The molecule has 1 rings (SSSR count). The van der Waals surface area contributed by atoms with Gasteiger partial charge in [0.2, 0.25) is 0 Å². The lowest BCUT2D eigenvalue weighted by Gasteiger charge is -2.07. The summed E-state index contributed by atoms with van der Waals surface area (Å²) in [7, 11) is 0. The van der Waals surface area contributed by atoms with E-state index in [2.05, 4.69) is 0 Å². The summed E-state index contributed by atoms with van der Waals surface area (Å²) in [5.74, 6) is 0.0230. The van der Waals surface area contributed by atoms with Gasteiger partial charge in [0, 0.05) is 5.56 Å². The summed E-state index contributed by atoms with van der Waals surface area (Å²) in [4.78, 5) is 12.0. The zero-order valence-electron chi connectivity index (χ0n) is 15.4. The molecule has 0 aliphatic carbocycles. The molecule has 4 nitrogen and oxygen atoms in total. The highest BCUT2D eigenvalue weighted by atomic mass is 16.3. The minimum absolute atomic E-state index is 0.130. The first-order valence-corrected chi connectivity index (χ1v) is 8.41. The van der Waals surface area contributed by atoms with Gasteiger partial charge in [-0.2, -0.15) is 0 Å². The van der Waals surface area contributed by atoms with Crippen molar-refractivity contribution in [2.45, 2.75) is 53.1 Å². The van der Waals surface area contributed by atoms with Crippen molar-refractivity contribution >= 4 is 5.78 Å². The molecule has 1 atom stereocenters. The number of phenols is 2. The summed E-state index contributed by atoms with van der Waals surface area (Å²) in [6.07, 6.45) is 6.33. The van der Waals surface area contributed by atoms with Crippen molar-refractivity contribution in [3.05, 3.63) is 58.7 Å². The number of Topliss-reactive ketones (excluding diaryl/α,β-unsaturated/α-hetero) is 1. The van der Waals surface area contributed by atoms with Gasteiger partial charge >= 0.3 is 0 Å². The molecule has 0 fully saturated rings. The number of aliphatic hydroxyl groups is 1. The SMILES string of the molecule is CC(C)=C[C@@H](O)C(=O)C(C)=CCCC(C)=CCc1cc(O)ccc1O. The van der Waals surface area contributed by atoms with Crippen LogP contribution in [0.15, 0.2) is 53.1 Å². The fraction of sp³-hybridized carbons (Fsp3) is 0.381. The molecule has 0 radical (unpaired) electrons. The molecule has 0 amide bonds. The number of ketones is 1. The molecule has 1 aromatic rings. The molecule has 3 N–H and O–H groups in total. The number of carbonyl (C=O) groups excluding carboxylic acids is 1. The quantitative estimate of drug-likeness (QED) is 0.375. The molecular formula is C21H28O4. The zero-order valence-corrected chi connectivity index (χ0v) is 15.4. The van der Waals surface area contributed by atoms with E-state index in [1.165, 1.54) is 12.1 Å². The van der Waals surface area contributed by atoms with Gasteiger partial charge in [-0.25, -0.2) is 0 Å². The van der Waals surface area contributed by atoms with Gasteiger partial charge in [0.15, 0.2) is 5.78 Å². The summed E-state index contributed by atoms with van der Waals surface area (Å²) >= 11 is 0. The van der Waals surface area contributed by atoms with Crippen molar-refractivity contribution in [3.8, 4) is 11.5 Å². The number of hydrogen-bond acceptors (Lipinski definition) is 4. The number of rotatable bonds is 8. The third kappa shape index (κ3) is 7.40. The van der Waals surface area contributed by atoms with Gasteiger partial charge < -0.3 is 15.3 Å². The normalized spacial score (nSPS) is 13.5. The van der Waals surface area contributed by atoms with Crippen molar-refractivity contribution in [2.75, 3.05) is 0 Å². The number of benzene rings is 1. The summed E-state index contributed by atoms with van der Waals surface area (Å²) in [6.45, 7) is 7.39. The van der Waals surface area contributed by atoms with Crippen LogP contribution in [-0.4, -0.2) is 27.2 Å². The molecule has 0 aliphatic rings. The van der Waals surface area contributed by atoms with Gasteiger partial charge in [0.05, 0.1) is 0 Å². The summed E-state index contributed by atoms with van der Waals surface area (Å²) < 4.78 is 0. The lowest BCUT2D eigenvalue weighted by molar-refractivity contribution is -0.121. The predicted molar refractivity (Wildman–Crippen MR) is 101 cm³/mol. The van der Waals surface area contributed by atoms with Crippen LogP contribution < -0.4 is 0 Å². The van der Waals surface area contributed by atoms with Crippen LogP contribution in [0.4, 0.5) is 0 Å². The molecule has 0 aliphatic heterocycles. The number of phenolic OH excluding ortho intramolecular Hbond substituents is 2. The van der Waals surface area contributed by atoms with E-state index in [0.717, 1.165) is 17.6 Å². The molecule has 0 spiro atoms. The average molecular weight is 344 g/mol. The van der Waals surface area contributed by atoms with Crippen LogP contribution in [0.2, 0.25) is 0 Å². The first-order chi connectivity index (χ1) is 11.7. The van der Waals surface area contributed by atoms with Gasteiger partial charge in [-0.3, -0.25) is 4.79 Å². The van der Waals surface area contributed by atoms with Crippen LogP contribution in [-0.2, 0) is 11.2 Å². The van der Waals surface area contributed by atoms with Gasteiger partial charge in [-0.05, 0) is 76.8 Å². The number of carbonyl (C=O) groups is 1. The van der Waals surface area contributed by atoms with Gasteiger partial charge in [0.25, 0.3) is 0 Å². The van der Waals surface area contributed by atoms with Gasteiger partial charge in [-0.15, -0.1) is 0 Å². The highest BCUT2D eigenvalue weighted by molar-refractivity contribution is 5.99. The molecule has 0 saturated carbocycles. The van der Waals surface area contributed by atoms with E-state index in [0.29, 0.717) is 24.0 Å². The Morgan fingerprint density at radius 2 is 1.80 bits per heavy atom. The van der Waals surface area contributed by atoms with Crippen LogP contribution >= 0.6 is 0 Å². The van der Waals surface area contributed by atoms with Crippen molar-refractivity contribution in [1.82, 2.24) is 0 Å². The minimum Gasteiger partial charge on any atom is -0.508 e. The predicted octanol–water partition coefficient (Wildman–Crippen LogP) is 4.21. The molecule has 0 unspecified atom stereocenters. The van der Waals surface area contributed by atoms with Crippen molar-refractivity contribution in [2.24, 2.45) is 0 Å². The summed E-state index contributed by atoms with van der Waals surface area (Å²) in [5.41, 5.74) is 3.27. The molecule has 4 heteroatoms. The Morgan fingerprint density at radius 3 is 2.44 bits per heavy atom. The lowest BCUT2D eigenvalue weighted by Crippen LogP contribution is -2.18. The number of hydrogen-bond donors (Lipinski definition) is 3. The molecule has 1 aromatic carbocycles. The van der Waals surface area contributed by atoms with Gasteiger partial charge in [0.1, 0.15) is 17.6 Å². The first-order valence-electron chi connectivity index (χ1n) is 8.41. The second kappa shape index (κ2) is 9.84. The molecule has 0 saturated heterocycles. The highest BCUT2D eigenvalue weighted by Crippen LogP contribution is 2.23. The van der Waals surface area contributed by atoms with E-state index in [1.807, 2.05) is 32.9 Å². The Kier molecular flexibility index (Phi) is 8.16. The fourth-order valence-electron chi connectivity index (χ4n) is 2.36. The Hall–Kier alpha value is -2.33. The molecule has 0 bridgehead atoms. The van der Waals surface area contributed by atoms with Crippen molar-refractivity contribution in [1.29, 1.82) is 0 Å². The largest absolute Gasteiger partial charge is 0.508 e. The van der Waals surface area contributed by atoms with Crippen LogP contribution in [0.25, 0.3) is 0 Å². The first kappa shape index (κ1) is 20.7. The highest BCUT2D eigenvalue weighted by Gasteiger charge is 2.13. The Labute approximate surface area is 149 Å². The Balaban J connectivity index is 2.57. The maximum atomic E-state index is 12.0. The summed E-state index contributed by atoms with van der Waals surface area (Å²) in [5, 5.41) is 29.0. The second-order valence-electron chi connectivity index (χ2n) is 6.55. The van der Waals surface area contributed by atoms with E-state index in [-0.39, 0.29) is 17.3 Å². The topological polar surface area (TPSA) is 77.8 Å². The molecule has 0 aromatic heterocycles. The molecule has 25 heavy (non-hydrogen) atoms. The number of aromatic hydroxyl groups is 2. The van der Waals surface area contributed by atoms with Crippen LogP contribution in [0.3, 0.4) is 0 Å². The average Bonchev–Trinajstić information content (AvgIpc) is 2.54. The number of allylic oxidation sites excluding steroid dienone is 4. The molecule has 136 valence electrons. The fourth-order valence-corrected chi connectivity index (χ4v) is 2.36. The number of aliphatic hydroxyl groups excluding tert-OH is 1. The van der Waals surface area contributed by atoms with E-state index in [4.69, 9.17) is 0 Å². The Bertz CT molecular complexity index is 692. The lowest BCUT2D eigenvalue weighted by atomic mass is 10.0. The van der Waals surface area contributed by atoms with Crippen LogP contribution in [0, 0.1) is 0 Å². The standard InChI is InChI=1S/C21H28O4/c1-14(2)12-20(24)21(25)16(4)7-5-6-15(3)8-9-17-13-18(22)10-11-19(17)23/h7-8,10-13,20,22-24H,5-6,9H2,1-4H3/t20-/m1/s1. The summed E-state index contributed by atoms with van der Waals surface area (Å²) in [6, 6.07) is 4.47. The van der Waals surface area contributed by atoms with Crippen molar-refractivity contribution < 1.29 is 20.1 Å². The third-order valence-corrected chi connectivity index (χ3v) is 3.87. The second-order valence-corrected chi connectivity index (χ2v) is 6.55. The Morgan fingerprint density at radius 1 is 1.12 bits per heavy atom. The monoisotopic (exact) mass is 344 g/mol. The maximum Gasteiger partial charge on any atom is 0.190 e. The molecular weight excluding hydrogens is 316 g/mol. The smallest absolute Gasteiger partial charge is 0.190 e. The van der Waals surface area contributed by atoms with Crippen molar-refractivity contribution in [3.63, 3.8) is 0 Å².